The summed E-state index contributed by atoms with van der Waals surface area (Å²) in [5.74, 6) is -1.11. The first-order valence-electron chi connectivity index (χ1n) is 8.21. The van der Waals surface area contributed by atoms with Gasteiger partial charge in [-0.2, -0.15) is 14.8 Å². The number of benzene rings is 1. The fraction of sp³-hybridized carbons (Fsp3) is 0.222. The Balaban J connectivity index is 1.79. The summed E-state index contributed by atoms with van der Waals surface area (Å²) in [6.45, 7) is 2.39. The molecule has 1 aliphatic heterocycles. The van der Waals surface area contributed by atoms with E-state index >= 15 is 0 Å². The molecule has 0 saturated carbocycles. The van der Waals surface area contributed by atoms with Crippen molar-refractivity contribution in [1.82, 2.24) is 25.0 Å². The van der Waals surface area contributed by atoms with E-state index < -0.39 is 11.9 Å². The Bertz CT molecular complexity index is 1020. The molecule has 26 heavy (non-hydrogen) atoms. The topological polar surface area (TPSA) is 79.6 Å². The number of hydrogen-bond acceptors (Lipinski definition) is 4. The van der Waals surface area contributed by atoms with E-state index in [2.05, 4.69) is 15.5 Å². The SMILES string of the molecule is Cc1nn2ncccc2c1C(=O)N1CCNC(=O)C1c1cccc(F)c1. The van der Waals surface area contributed by atoms with E-state index in [4.69, 9.17) is 0 Å². The van der Waals surface area contributed by atoms with E-state index in [0.29, 0.717) is 35.4 Å². The van der Waals surface area contributed by atoms with Crippen molar-refractivity contribution < 1.29 is 14.0 Å². The van der Waals surface area contributed by atoms with Crippen LogP contribution in [0.15, 0.2) is 42.6 Å². The summed E-state index contributed by atoms with van der Waals surface area (Å²) in [5, 5.41) is 11.1. The van der Waals surface area contributed by atoms with Crippen molar-refractivity contribution in [1.29, 1.82) is 0 Å². The number of hydrogen-bond donors (Lipinski definition) is 1. The monoisotopic (exact) mass is 353 g/mol. The fourth-order valence-corrected chi connectivity index (χ4v) is 3.31. The lowest BCUT2D eigenvalue weighted by atomic mass is 10.0. The van der Waals surface area contributed by atoms with Crippen LogP contribution < -0.4 is 5.32 Å². The van der Waals surface area contributed by atoms with Crippen molar-refractivity contribution in [3.8, 4) is 0 Å². The second kappa shape index (κ2) is 6.21. The number of amides is 2. The van der Waals surface area contributed by atoms with Crippen molar-refractivity contribution in [2.45, 2.75) is 13.0 Å². The van der Waals surface area contributed by atoms with E-state index in [1.54, 1.807) is 31.3 Å². The molecule has 2 amide bonds. The number of aromatic nitrogens is 3. The maximum Gasteiger partial charge on any atom is 0.259 e. The third-order valence-electron chi connectivity index (χ3n) is 4.45. The third-order valence-corrected chi connectivity index (χ3v) is 4.45. The minimum atomic E-state index is -0.891. The van der Waals surface area contributed by atoms with Crippen LogP contribution in [0.25, 0.3) is 5.52 Å². The highest BCUT2D eigenvalue weighted by Crippen LogP contribution is 2.27. The Morgan fingerprint density at radius 1 is 1.31 bits per heavy atom. The second-order valence-electron chi connectivity index (χ2n) is 6.11. The predicted octanol–water partition coefficient (Wildman–Crippen LogP) is 1.49. The average molecular weight is 353 g/mol. The number of halogens is 1. The minimum Gasteiger partial charge on any atom is -0.352 e. The van der Waals surface area contributed by atoms with Crippen LogP contribution >= 0.6 is 0 Å². The van der Waals surface area contributed by atoms with E-state index in [1.165, 1.54) is 27.7 Å². The third kappa shape index (κ3) is 2.59. The van der Waals surface area contributed by atoms with Gasteiger partial charge in [-0.3, -0.25) is 9.59 Å². The molecule has 8 heteroatoms. The summed E-state index contributed by atoms with van der Waals surface area (Å²) >= 11 is 0. The summed E-state index contributed by atoms with van der Waals surface area (Å²) in [5.41, 5.74) is 1.92. The maximum absolute atomic E-state index is 13.7. The van der Waals surface area contributed by atoms with Gasteiger partial charge < -0.3 is 10.2 Å². The molecule has 132 valence electrons. The number of aryl methyl sites for hydroxylation is 1. The molecule has 1 fully saturated rings. The molecular weight excluding hydrogens is 337 g/mol. The number of piperazine rings is 1. The van der Waals surface area contributed by atoms with E-state index in [9.17, 15) is 14.0 Å². The summed E-state index contributed by atoms with van der Waals surface area (Å²) in [6.07, 6.45) is 1.58. The summed E-state index contributed by atoms with van der Waals surface area (Å²) in [7, 11) is 0. The molecule has 1 N–H and O–H groups in total. The van der Waals surface area contributed by atoms with E-state index in [-0.39, 0.29) is 11.8 Å². The zero-order chi connectivity index (χ0) is 18.3. The van der Waals surface area contributed by atoms with Gasteiger partial charge in [0.15, 0.2) is 0 Å². The van der Waals surface area contributed by atoms with Gasteiger partial charge >= 0.3 is 0 Å². The van der Waals surface area contributed by atoms with Gasteiger partial charge in [0.2, 0.25) is 5.91 Å². The van der Waals surface area contributed by atoms with Crippen molar-refractivity contribution in [3.05, 3.63) is 65.2 Å². The highest BCUT2D eigenvalue weighted by Gasteiger charge is 2.36. The molecule has 3 heterocycles. The zero-order valence-corrected chi connectivity index (χ0v) is 14.0. The Labute approximate surface area is 148 Å². The maximum atomic E-state index is 13.7. The number of carbonyl (C=O) groups is 2. The smallest absolute Gasteiger partial charge is 0.259 e. The number of rotatable bonds is 2. The van der Waals surface area contributed by atoms with Crippen LogP contribution in [0.3, 0.4) is 0 Å². The summed E-state index contributed by atoms with van der Waals surface area (Å²) in [4.78, 5) is 27.2. The molecule has 0 radical (unpaired) electrons. The zero-order valence-electron chi connectivity index (χ0n) is 14.0. The summed E-state index contributed by atoms with van der Waals surface area (Å²) in [6, 6.07) is 8.33. The van der Waals surface area contributed by atoms with Gasteiger partial charge in [-0.05, 0) is 36.8 Å². The molecular formula is C18H16FN5O2. The second-order valence-corrected chi connectivity index (χ2v) is 6.11. The van der Waals surface area contributed by atoms with Crippen molar-refractivity contribution in [3.63, 3.8) is 0 Å². The lowest BCUT2D eigenvalue weighted by Gasteiger charge is -2.35. The number of fused-ring (bicyclic) bond motifs is 1. The lowest BCUT2D eigenvalue weighted by Crippen LogP contribution is -2.52. The Morgan fingerprint density at radius 3 is 2.96 bits per heavy atom. The number of carbonyl (C=O) groups excluding carboxylic acids is 2. The van der Waals surface area contributed by atoms with Gasteiger partial charge in [-0.1, -0.05) is 12.1 Å². The highest BCUT2D eigenvalue weighted by atomic mass is 19.1. The predicted molar refractivity (Wildman–Crippen MR) is 90.9 cm³/mol. The quantitative estimate of drug-likeness (QED) is 0.757. The molecule has 2 aromatic heterocycles. The minimum absolute atomic E-state index is 0.322. The molecule has 1 unspecified atom stereocenters. The molecule has 0 spiro atoms. The van der Waals surface area contributed by atoms with Crippen LogP contribution in [0.5, 0.6) is 0 Å². The van der Waals surface area contributed by atoms with E-state index in [0.717, 1.165) is 0 Å². The van der Waals surface area contributed by atoms with Crippen LogP contribution in [-0.4, -0.2) is 44.6 Å². The largest absolute Gasteiger partial charge is 0.352 e. The van der Waals surface area contributed by atoms with Crippen LogP contribution in [0.2, 0.25) is 0 Å². The van der Waals surface area contributed by atoms with Crippen LogP contribution in [0.1, 0.15) is 27.7 Å². The molecule has 1 aromatic carbocycles. The van der Waals surface area contributed by atoms with Gasteiger partial charge in [0.05, 0.1) is 11.3 Å². The van der Waals surface area contributed by atoms with Gasteiger partial charge in [0.1, 0.15) is 17.4 Å². The molecule has 0 aliphatic carbocycles. The highest BCUT2D eigenvalue weighted by molar-refractivity contribution is 6.04. The van der Waals surface area contributed by atoms with Crippen LogP contribution in [0, 0.1) is 12.7 Å². The molecule has 7 nitrogen and oxygen atoms in total. The van der Waals surface area contributed by atoms with Crippen LogP contribution in [-0.2, 0) is 4.79 Å². The Kier molecular flexibility index (Phi) is 3.87. The molecule has 1 atom stereocenters. The van der Waals surface area contributed by atoms with Crippen molar-refractivity contribution in [2.24, 2.45) is 0 Å². The molecule has 1 aliphatic rings. The first-order chi connectivity index (χ1) is 12.6. The summed E-state index contributed by atoms with van der Waals surface area (Å²) < 4.78 is 15.1. The Morgan fingerprint density at radius 2 is 2.15 bits per heavy atom. The first kappa shape index (κ1) is 16.2. The molecule has 3 aromatic rings. The normalized spacial score (nSPS) is 17.4. The molecule has 0 bridgehead atoms. The van der Waals surface area contributed by atoms with Crippen molar-refractivity contribution in [2.75, 3.05) is 13.1 Å². The van der Waals surface area contributed by atoms with Crippen LogP contribution in [0.4, 0.5) is 4.39 Å². The van der Waals surface area contributed by atoms with Gasteiger partial charge in [0, 0.05) is 19.3 Å². The lowest BCUT2D eigenvalue weighted by molar-refractivity contribution is -0.128. The van der Waals surface area contributed by atoms with Gasteiger partial charge in [-0.15, -0.1) is 0 Å². The fourth-order valence-electron chi connectivity index (χ4n) is 3.31. The molecule has 4 rings (SSSR count). The van der Waals surface area contributed by atoms with E-state index in [1.807, 2.05) is 0 Å². The van der Waals surface area contributed by atoms with Crippen molar-refractivity contribution >= 4 is 17.3 Å². The number of nitrogens with zero attached hydrogens (tertiary/aromatic N) is 4. The molecule has 1 saturated heterocycles. The van der Waals surface area contributed by atoms with Gasteiger partial charge in [0.25, 0.3) is 5.91 Å². The Hall–Kier alpha value is -3.29. The average Bonchev–Trinajstić information content (AvgIpc) is 2.96. The van der Waals surface area contributed by atoms with Gasteiger partial charge in [-0.25, -0.2) is 4.39 Å². The first-order valence-corrected chi connectivity index (χ1v) is 8.21. The number of nitrogens with one attached hydrogen (secondary N) is 1. The standard InChI is InChI=1S/C18H16FN5O2/c1-11-15(14-6-3-7-21-24(14)22-11)18(26)23-9-8-20-17(25)16(23)12-4-2-5-13(19)10-12/h2-7,10,16H,8-9H2,1H3,(H,20,25).